The molecule has 0 unspecified atom stereocenters. The Bertz CT molecular complexity index is 789. The van der Waals surface area contributed by atoms with Crippen molar-refractivity contribution in [1.29, 1.82) is 0 Å². The molecule has 0 amide bonds. The molecule has 0 aliphatic heterocycles. The van der Waals surface area contributed by atoms with E-state index in [1.165, 1.54) is 56.9 Å². The number of nitrogens with zero attached hydrogens (tertiary/aromatic N) is 1. The molecule has 0 radical (unpaired) electrons. The van der Waals surface area contributed by atoms with Crippen molar-refractivity contribution >= 4 is 5.97 Å². The Morgan fingerprint density at radius 1 is 0.875 bits per heavy atom. The predicted molar refractivity (Wildman–Crippen MR) is 133 cm³/mol. The number of pyridine rings is 1. The number of carbonyl (C=O) groups excluding carboxylic acids is 1. The first kappa shape index (κ1) is 24.5. The third-order valence-corrected chi connectivity index (χ3v) is 6.89. The number of aromatic nitrogens is 1. The fraction of sp³-hybridized carbons (Fsp3) is 0.586. The van der Waals surface area contributed by atoms with Gasteiger partial charge in [-0.15, -0.1) is 0 Å². The van der Waals surface area contributed by atoms with Crippen LogP contribution in [0.4, 0.5) is 0 Å². The Morgan fingerprint density at radius 3 is 2.25 bits per heavy atom. The van der Waals surface area contributed by atoms with Gasteiger partial charge in [0.2, 0.25) is 0 Å². The van der Waals surface area contributed by atoms with E-state index in [9.17, 15) is 4.79 Å². The van der Waals surface area contributed by atoms with Crippen LogP contribution in [0.3, 0.4) is 0 Å². The molecular weight excluding hydrogens is 394 g/mol. The fourth-order valence-electron chi connectivity index (χ4n) is 4.84. The summed E-state index contributed by atoms with van der Waals surface area (Å²) < 4.78 is 5.68. The van der Waals surface area contributed by atoms with Gasteiger partial charge in [-0.2, -0.15) is 0 Å². The van der Waals surface area contributed by atoms with Gasteiger partial charge >= 0.3 is 5.97 Å². The van der Waals surface area contributed by atoms with Gasteiger partial charge in [0, 0.05) is 11.8 Å². The summed E-state index contributed by atoms with van der Waals surface area (Å²) in [5, 5.41) is 0. The zero-order valence-electron chi connectivity index (χ0n) is 20.2. The number of hydrogen-bond acceptors (Lipinski definition) is 3. The molecule has 0 spiro atoms. The summed E-state index contributed by atoms with van der Waals surface area (Å²) in [7, 11) is 0. The average molecular weight is 436 g/mol. The number of carbonyl (C=O) groups is 1. The van der Waals surface area contributed by atoms with E-state index in [0.29, 0.717) is 5.75 Å². The Kier molecular flexibility index (Phi) is 10.3. The zero-order valence-corrected chi connectivity index (χ0v) is 20.2. The van der Waals surface area contributed by atoms with Crippen molar-refractivity contribution in [1.82, 2.24) is 4.98 Å². The largest absolute Gasteiger partial charge is 0.426 e. The lowest BCUT2D eigenvalue weighted by Gasteiger charge is -2.26. The van der Waals surface area contributed by atoms with Crippen LogP contribution in [0.25, 0.3) is 11.3 Å². The van der Waals surface area contributed by atoms with E-state index in [1.807, 2.05) is 30.5 Å². The number of aryl methyl sites for hydroxylation is 1. The lowest BCUT2D eigenvalue weighted by atomic mass is 9.80. The highest BCUT2D eigenvalue weighted by Gasteiger charge is 2.27. The third-order valence-electron chi connectivity index (χ3n) is 6.89. The van der Waals surface area contributed by atoms with Gasteiger partial charge in [-0.05, 0) is 80.3 Å². The van der Waals surface area contributed by atoms with Crippen LogP contribution in [0, 0.1) is 11.8 Å². The molecule has 3 heteroatoms. The van der Waals surface area contributed by atoms with Crippen LogP contribution < -0.4 is 4.74 Å². The van der Waals surface area contributed by atoms with E-state index in [2.05, 4.69) is 31.0 Å². The van der Waals surface area contributed by atoms with Gasteiger partial charge in [-0.25, -0.2) is 0 Å². The molecular formula is C29H41NO2. The average Bonchev–Trinajstić information content (AvgIpc) is 2.83. The normalized spacial score (nSPS) is 18.4. The van der Waals surface area contributed by atoms with Crippen molar-refractivity contribution in [2.45, 2.75) is 97.3 Å². The molecule has 1 heterocycles. The second-order valence-electron chi connectivity index (χ2n) is 9.52. The number of esters is 1. The maximum absolute atomic E-state index is 12.5. The molecule has 1 fully saturated rings. The summed E-state index contributed by atoms with van der Waals surface area (Å²) in [6.45, 7) is 4.50. The van der Waals surface area contributed by atoms with Crippen molar-refractivity contribution < 1.29 is 9.53 Å². The van der Waals surface area contributed by atoms with E-state index < -0.39 is 0 Å². The van der Waals surface area contributed by atoms with Gasteiger partial charge in [-0.3, -0.25) is 9.78 Å². The molecule has 32 heavy (non-hydrogen) atoms. The van der Waals surface area contributed by atoms with Crippen LogP contribution >= 0.6 is 0 Å². The number of ether oxygens (including phenoxy) is 1. The second-order valence-corrected chi connectivity index (χ2v) is 9.52. The molecule has 3 rings (SSSR count). The van der Waals surface area contributed by atoms with Crippen LogP contribution in [0.2, 0.25) is 0 Å². The molecule has 0 N–H and O–H groups in total. The highest BCUT2D eigenvalue weighted by molar-refractivity contribution is 5.75. The highest BCUT2D eigenvalue weighted by atomic mass is 16.5. The minimum absolute atomic E-state index is 0.0589. The second kappa shape index (κ2) is 13.4. The summed E-state index contributed by atoms with van der Waals surface area (Å²) in [5.74, 6) is 1.43. The molecule has 0 saturated heterocycles. The van der Waals surface area contributed by atoms with Crippen molar-refractivity contribution in [3.05, 3.63) is 48.2 Å². The molecule has 2 aromatic rings. The van der Waals surface area contributed by atoms with Gasteiger partial charge in [0.05, 0.1) is 11.6 Å². The van der Waals surface area contributed by atoms with E-state index >= 15 is 0 Å². The molecule has 0 bridgehead atoms. The third kappa shape index (κ3) is 7.76. The van der Waals surface area contributed by atoms with E-state index in [0.717, 1.165) is 49.3 Å². The zero-order chi connectivity index (χ0) is 22.6. The first-order chi connectivity index (χ1) is 15.7. The smallest absolute Gasteiger partial charge is 0.314 e. The Hall–Kier alpha value is -2.16. The molecule has 1 aromatic carbocycles. The van der Waals surface area contributed by atoms with Crippen LogP contribution in [-0.2, 0) is 11.2 Å². The molecule has 1 aliphatic rings. The number of unbranched alkanes of at least 4 members (excludes halogenated alkanes) is 5. The summed E-state index contributed by atoms with van der Waals surface area (Å²) in [4.78, 5) is 17.2. The number of hydrogen-bond donors (Lipinski definition) is 0. The predicted octanol–water partition coefficient (Wildman–Crippen LogP) is 8.16. The summed E-state index contributed by atoms with van der Waals surface area (Å²) >= 11 is 0. The van der Waals surface area contributed by atoms with Crippen molar-refractivity contribution in [2.75, 3.05) is 0 Å². The lowest BCUT2D eigenvalue weighted by Crippen LogP contribution is -2.25. The molecule has 0 atom stereocenters. The Morgan fingerprint density at radius 2 is 1.59 bits per heavy atom. The van der Waals surface area contributed by atoms with Crippen molar-refractivity contribution in [3.8, 4) is 17.0 Å². The van der Waals surface area contributed by atoms with Crippen LogP contribution in [0.15, 0.2) is 42.6 Å². The first-order valence-corrected chi connectivity index (χ1v) is 13.0. The minimum atomic E-state index is -0.0649. The monoisotopic (exact) mass is 435 g/mol. The topological polar surface area (TPSA) is 39.2 Å². The maximum atomic E-state index is 12.5. The van der Waals surface area contributed by atoms with Gasteiger partial charge < -0.3 is 4.74 Å². The molecule has 1 aromatic heterocycles. The molecule has 1 saturated carbocycles. The Labute approximate surface area is 195 Å². The maximum Gasteiger partial charge on any atom is 0.314 e. The van der Waals surface area contributed by atoms with Crippen LogP contribution in [0.5, 0.6) is 5.75 Å². The van der Waals surface area contributed by atoms with Gasteiger partial charge in [0.25, 0.3) is 0 Å². The first-order valence-electron chi connectivity index (χ1n) is 13.0. The summed E-state index contributed by atoms with van der Waals surface area (Å²) in [6.07, 6.45) is 17.8. The Balaban J connectivity index is 1.44. The number of benzene rings is 1. The van der Waals surface area contributed by atoms with E-state index in [-0.39, 0.29) is 11.9 Å². The quantitative estimate of drug-likeness (QED) is 0.192. The standard InChI is InChI=1S/C29H41NO2/c1-3-5-6-7-8-9-11-24-14-21-28(30-22-24)25-17-19-27(20-18-25)32-29(31)26-15-12-23(10-4-2)13-16-26/h14,17-23,26H,3-13,15-16H2,1-2H3. The van der Waals surface area contributed by atoms with Gasteiger partial charge in [0.1, 0.15) is 5.75 Å². The van der Waals surface area contributed by atoms with Crippen LogP contribution in [0.1, 0.15) is 96.5 Å². The molecule has 174 valence electrons. The SMILES string of the molecule is CCCCCCCCc1ccc(-c2ccc(OC(=O)C3CCC(CCC)CC3)cc2)nc1. The lowest BCUT2D eigenvalue weighted by molar-refractivity contribution is -0.140. The van der Waals surface area contributed by atoms with Crippen LogP contribution in [-0.4, -0.2) is 11.0 Å². The van der Waals surface area contributed by atoms with Gasteiger partial charge in [-0.1, -0.05) is 64.9 Å². The summed E-state index contributed by atoms with van der Waals surface area (Å²) in [6, 6.07) is 12.1. The van der Waals surface area contributed by atoms with Gasteiger partial charge in [0.15, 0.2) is 0 Å². The fourth-order valence-corrected chi connectivity index (χ4v) is 4.84. The number of rotatable bonds is 12. The molecule has 3 nitrogen and oxygen atoms in total. The van der Waals surface area contributed by atoms with E-state index in [4.69, 9.17) is 4.74 Å². The van der Waals surface area contributed by atoms with Crippen molar-refractivity contribution in [2.24, 2.45) is 11.8 Å². The minimum Gasteiger partial charge on any atom is -0.426 e. The van der Waals surface area contributed by atoms with E-state index in [1.54, 1.807) is 0 Å². The summed E-state index contributed by atoms with van der Waals surface area (Å²) in [5.41, 5.74) is 3.32. The highest BCUT2D eigenvalue weighted by Crippen LogP contribution is 2.32. The molecule has 1 aliphatic carbocycles. The van der Waals surface area contributed by atoms with Crippen molar-refractivity contribution in [3.63, 3.8) is 0 Å².